The van der Waals surface area contributed by atoms with Gasteiger partial charge in [-0.25, -0.2) is 4.39 Å². The van der Waals surface area contributed by atoms with E-state index in [-0.39, 0.29) is 12.4 Å². The summed E-state index contributed by atoms with van der Waals surface area (Å²) in [5.74, 6) is 0.273. The number of halogens is 1. The van der Waals surface area contributed by atoms with Gasteiger partial charge < -0.3 is 19.3 Å². The molecule has 2 aromatic carbocycles. The van der Waals surface area contributed by atoms with Crippen molar-refractivity contribution in [1.29, 1.82) is 0 Å². The zero-order chi connectivity index (χ0) is 20.2. The topological polar surface area (TPSA) is 50.0 Å². The van der Waals surface area contributed by atoms with Crippen LogP contribution in [0.25, 0.3) is 10.2 Å². The number of hydrogen-bond acceptors (Lipinski definition) is 5. The lowest BCUT2D eigenvalue weighted by Crippen LogP contribution is -2.42. The molecule has 0 amide bonds. The molecule has 4 rings (SSSR count). The fraction of sp³-hybridized carbons (Fsp3) is 0.409. The molecule has 1 atom stereocenters. The number of aliphatic hydroxyl groups excluding tert-OH is 1. The van der Waals surface area contributed by atoms with Crippen LogP contribution in [-0.2, 0) is 7.05 Å². The Morgan fingerprint density at radius 2 is 1.90 bits per heavy atom. The number of fused-ring (bicyclic) bond motifs is 1. The summed E-state index contributed by atoms with van der Waals surface area (Å²) in [6, 6.07) is 14.6. The van der Waals surface area contributed by atoms with E-state index in [4.69, 9.17) is 9.73 Å². The van der Waals surface area contributed by atoms with E-state index in [0.29, 0.717) is 18.3 Å². The lowest BCUT2D eigenvalue weighted by molar-refractivity contribution is 0.0596. The maximum absolute atomic E-state index is 12.9. The van der Waals surface area contributed by atoms with Gasteiger partial charge in [0.05, 0.1) is 16.3 Å². The maximum atomic E-state index is 12.9. The van der Waals surface area contributed by atoms with Crippen LogP contribution in [0, 0.1) is 5.82 Å². The van der Waals surface area contributed by atoms with E-state index in [1.54, 1.807) is 23.5 Å². The molecule has 1 aromatic heterocycles. The molecule has 0 bridgehead atoms. The molecule has 1 saturated heterocycles. The first-order valence-electron chi connectivity index (χ1n) is 9.95. The number of piperidine rings is 1. The zero-order valence-corrected chi connectivity index (χ0v) is 17.3. The lowest BCUT2D eigenvalue weighted by Gasteiger charge is -2.31. The Morgan fingerprint density at radius 1 is 1.17 bits per heavy atom. The zero-order valence-electron chi connectivity index (χ0n) is 16.5. The average Bonchev–Trinajstić information content (AvgIpc) is 3.05. The Bertz CT molecular complexity index is 1010. The summed E-state index contributed by atoms with van der Waals surface area (Å²) < 4.78 is 21.9. The van der Waals surface area contributed by atoms with Gasteiger partial charge in [-0.05, 0) is 49.2 Å². The summed E-state index contributed by atoms with van der Waals surface area (Å²) in [5, 5.41) is 10.3. The van der Waals surface area contributed by atoms with Gasteiger partial charge in [-0.15, -0.1) is 0 Å². The molecule has 1 aliphatic heterocycles. The van der Waals surface area contributed by atoms with E-state index >= 15 is 0 Å². The number of ether oxygens (including phenoxy) is 1. The van der Waals surface area contributed by atoms with Crippen LogP contribution < -0.4 is 9.54 Å². The van der Waals surface area contributed by atoms with Gasteiger partial charge in [-0.2, -0.15) is 0 Å². The fourth-order valence-electron chi connectivity index (χ4n) is 3.66. The van der Waals surface area contributed by atoms with Crippen molar-refractivity contribution in [3.63, 3.8) is 0 Å². The number of thiazole rings is 1. The summed E-state index contributed by atoms with van der Waals surface area (Å²) in [4.78, 5) is 8.32. The molecule has 0 saturated carbocycles. The van der Waals surface area contributed by atoms with Crippen molar-refractivity contribution < 1.29 is 14.2 Å². The molecule has 5 nitrogen and oxygen atoms in total. The number of hydrogen-bond donors (Lipinski definition) is 1. The van der Waals surface area contributed by atoms with Crippen LogP contribution >= 0.6 is 11.3 Å². The van der Waals surface area contributed by atoms with Crippen molar-refractivity contribution in [1.82, 2.24) is 9.47 Å². The van der Waals surface area contributed by atoms with Gasteiger partial charge in [-0.3, -0.25) is 4.99 Å². The monoisotopic (exact) mass is 415 g/mol. The third-order valence-corrected chi connectivity index (χ3v) is 6.42. The van der Waals surface area contributed by atoms with Crippen molar-refractivity contribution in [2.75, 3.05) is 26.2 Å². The minimum atomic E-state index is -0.575. The number of nitrogens with zero attached hydrogens (tertiary/aromatic N) is 3. The molecule has 1 unspecified atom stereocenters. The van der Waals surface area contributed by atoms with Crippen molar-refractivity contribution in [2.45, 2.75) is 25.0 Å². The quantitative estimate of drug-likeness (QED) is 0.673. The molecule has 2 heterocycles. The van der Waals surface area contributed by atoms with Gasteiger partial charge in [0.2, 0.25) is 0 Å². The highest BCUT2D eigenvalue weighted by Gasteiger charge is 2.21. The predicted molar refractivity (Wildman–Crippen MR) is 114 cm³/mol. The molecule has 1 aliphatic rings. The van der Waals surface area contributed by atoms with Gasteiger partial charge in [0, 0.05) is 26.7 Å². The molecule has 154 valence electrons. The van der Waals surface area contributed by atoms with Crippen LogP contribution in [0.3, 0.4) is 0 Å². The van der Waals surface area contributed by atoms with Crippen LogP contribution in [-0.4, -0.2) is 53.0 Å². The summed E-state index contributed by atoms with van der Waals surface area (Å²) in [7, 11) is 2.07. The van der Waals surface area contributed by atoms with E-state index in [9.17, 15) is 9.50 Å². The molecule has 0 spiro atoms. The van der Waals surface area contributed by atoms with Gasteiger partial charge >= 0.3 is 0 Å². The van der Waals surface area contributed by atoms with Gasteiger partial charge in [0.15, 0.2) is 4.80 Å². The number of aryl methyl sites for hydroxylation is 1. The number of aromatic nitrogens is 1. The van der Waals surface area contributed by atoms with Crippen LogP contribution in [0.1, 0.15) is 12.8 Å². The molecule has 0 radical (unpaired) electrons. The standard InChI is InChI=1S/C22H26FN3O2S/c1-25-20-4-2-3-5-21(20)29-22(25)24-17-10-12-26(13-11-17)14-18(27)15-28-19-8-6-16(23)7-9-19/h2-9,17-18,27H,10-15H2,1H3/b24-22-. The SMILES string of the molecule is Cn1/c(=N/C2CCN(CC(O)COc3ccc(F)cc3)CC2)sc2ccccc21. The van der Waals surface area contributed by atoms with Crippen molar-refractivity contribution in [3.05, 3.63) is 59.1 Å². The number of likely N-dealkylation sites (tertiary alicyclic amines) is 1. The Hall–Kier alpha value is -2.22. The Morgan fingerprint density at radius 3 is 2.62 bits per heavy atom. The van der Waals surface area contributed by atoms with Crippen LogP contribution in [0.5, 0.6) is 5.75 Å². The van der Waals surface area contributed by atoms with Crippen molar-refractivity contribution in [2.24, 2.45) is 12.0 Å². The fourth-order valence-corrected chi connectivity index (χ4v) is 4.75. The first kappa shape index (κ1) is 20.1. The second-order valence-corrected chi connectivity index (χ2v) is 8.50. The molecule has 3 aromatic rings. The number of para-hydroxylation sites is 1. The third kappa shape index (κ3) is 5.04. The number of aliphatic hydroxyl groups is 1. The highest BCUT2D eigenvalue weighted by atomic mass is 32.1. The second-order valence-electron chi connectivity index (χ2n) is 7.49. The molecular formula is C22H26FN3O2S. The van der Waals surface area contributed by atoms with E-state index < -0.39 is 6.10 Å². The molecule has 1 N–H and O–H groups in total. The number of benzene rings is 2. The van der Waals surface area contributed by atoms with Crippen molar-refractivity contribution >= 4 is 21.6 Å². The lowest BCUT2D eigenvalue weighted by atomic mass is 10.1. The van der Waals surface area contributed by atoms with E-state index in [2.05, 4.69) is 40.8 Å². The summed E-state index contributed by atoms with van der Waals surface area (Å²) in [6.45, 7) is 2.60. The van der Waals surface area contributed by atoms with E-state index in [1.807, 2.05) is 0 Å². The largest absolute Gasteiger partial charge is 0.491 e. The Kier molecular flexibility index (Phi) is 6.28. The molecule has 7 heteroatoms. The highest BCUT2D eigenvalue weighted by molar-refractivity contribution is 7.16. The first-order chi connectivity index (χ1) is 14.1. The Labute approximate surface area is 173 Å². The smallest absolute Gasteiger partial charge is 0.185 e. The normalized spacial score (nSPS) is 17.7. The van der Waals surface area contributed by atoms with E-state index in [0.717, 1.165) is 30.7 Å². The third-order valence-electron chi connectivity index (χ3n) is 5.29. The highest BCUT2D eigenvalue weighted by Crippen LogP contribution is 2.18. The summed E-state index contributed by atoms with van der Waals surface area (Å²) in [5.41, 5.74) is 1.22. The molecule has 1 fully saturated rings. The van der Waals surface area contributed by atoms with Crippen molar-refractivity contribution in [3.8, 4) is 5.75 Å². The predicted octanol–water partition coefficient (Wildman–Crippen LogP) is 3.18. The van der Waals surface area contributed by atoms with Gasteiger partial charge in [0.25, 0.3) is 0 Å². The molecule has 0 aliphatic carbocycles. The van der Waals surface area contributed by atoms with E-state index in [1.165, 1.54) is 22.3 Å². The minimum Gasteiger partial charge on any atom is -0.491 e. The molecule has 29 heavy (non-hydrogen) atoms. The average molecular weight is 416 g/mol. The van der Waals surface area contributed by atoms with Crippen LogP contribution in [0.4, 0.5) is 4.39 Å². The van der Waals surface area contributed by atoms with Crippen LogP contribution in [0.15, 0.2) is 53.5 Å². The van der Waals surface area contributed by atoms with Gasteiger partial charge in [0.1, 0.15) is 24.3 Å². The van der Waals surface area contributed by atoms with Gasteiger partial charge in [-0.1, -0.05) is 23.5 Å². The first-order valence-corrected chi connectivity index (χ1v) is 10.8. The number of rotatable bonds is 6. The molecular weight excluding hydrogens is 389 g/mol. The summed E-state index contributed by atoms with van der Waals surface area (Å²) >= 11 is 1.74. The maximum Gasteiger partial charge on any atom is 0.185 e. The Balaban J connectivity index is 1.27. The van der Waals surface area contributed by atoms with Crippen LogP contribution in [0.2, 0.25) is 0 Å². The minimum absolute atomic E-state index is 0.202. The summed E-state index contributed by atoms with van der Waals surface area (Å²) in [6.07, 6.45) is 1.40. The second kappa shape index (κ2) is 9.07. The number of β-amino-alcohol motifs (C(OH)–C–C–N with tert-alkyl or cyclic N) is 1.